The highest BCUT2D eigenvalue weighted by molar-refractivity contribution is 5.76. The van der Waals surface area contributed by atoms with Crippen molar-refractivity contribution in [3.8, 4) is 0 Å². The lowest BCUT2D eigenvalue weighted by molar-refractivity contribution is -0.138. The fourth-order valence-corrected chi connectivity index (χ4v) is 1.82. The summed E-state index contributed by atoms with van der Waals surface area (Å²) in [6, 6.07) is 0. The number of rotatable bonds is 8. The van der Waals surface area contributed by atoms with E-state index in [1.807, 2.05) is 6.92 Å². The molecule has 0 aliphatic carbocycles. The molecule has 0 saturated heterocycles. The highest BCUT2D eigenvalue weighted by Gasteiger charge is 2.16. The van der Waals surface area contributed by atoms with Crippen molar-refractivity contribution in [1.82, 2.24) is 5.32 Å². The molecule has 0 aromatic heterocycles. The molecule has 0 aromatic rings. The van der Waals surface area contributed by atoms with Crippen LogP contribution in [0.1, 0.15) is 47.0 Å². The summed E-state index contributed by atoms with van der Waals surface area (Å²) in [5.41, 5.74) is 0. The number of carbonyl (C=O) groups is 2. The number of hydrogen-bond acceptors (Lipinski definition) is 2. The minimum Gasteiger partial charge on any atom is -0.481 e. The van der Waals surface area contributed by atoms with E-state index in [2.05, 4.69) is 26.1 Å². The van der Waals surface area contributed by atoms with E-state index in [0.29, 0.717) is 24.8 Å². The van der Waals surface area contributed by atoms with E-state index in [0.717, 1.165) is 6.42 Å². The zero-order valence-corrected chi connectivity index (χ0v) is 11.3. The van der Waals surface area contributed by atoms with Crippen LogP contribution in [0.5, 0.6) is 0 Å². The predicted molar refractivity (Wildman–Crippen MR) is 67.7 cm³/mol. The van der Waals surface area contributed by atoms with Gasteiger partial charge in [-0.2, -0.15) is 0 Å². The number of amides is 1. The molecule has 2 unspecified atom stereocenters. The van der Waals surface area contributed by atoms with Crippen LogP contribution in [0.2, 0.25) is 0 Å². The monoisotopic (exact) mass is 243 g/mol. The van der Waals surface area contributed by atoms with Gasteiger partial charge in [0.2, 0.25) is 5.91 Å². The topological polar surface area (TPSA) is 66.4 Å². The molecule has 0 rings (SSSR count). The Morgan fingerprint density at radius 2 is 1.76 bits per heavy atom. The molecular weight excluding hydrogens is 218 g/mol. The van der Waals surface area contributed by atoms with Crippen LogP contribution in [-0.4, -0.2) is 23.5 Å². The first-order valence-electron chi connectivity index (χ1n) is 6.35. The number of nitrogens with one attached hydrogen (secondary N) is 1. The standard InChI is InChI=1S/C13H25NO3/c1-5-11(9(2)3)7-12(15)14-8-10(4)6-13(16)17/h9-11H,5-8H2,1-4H3,(H,14,15)(H,16,17). The van der Waals surface area contributed by atoms with Gasteiger partial charge in [-0.3, -0.25) is 9.59 Å². The Morgan fingerprint density at radius 1 is 1.18 bits per heavy atom. The molecular formula is C13H25NO3. The van der Waals surface area contributed by atoms with Crippen molar-refractivity contribution in [2.75, 3.05) is 6.54 Å². The Kier molecular flexibility index (Phi) is 7.59. The van der Waals surface area contributed by atoms with Crippen LogP contribution in [0.25, 0.3) is 0 Å². The Morgan fingerprint density at radius 3 is 2.18 bits per heavy atom. The van der Waals surface area contributed by atoms with E-state index in [9.17, 15) is 9.59 Å². The second kappa shape index (κ2) is 8.09. The van der Waals surface area contributed by atoms with Gasteiger partial charge in [-0.15, -0.1) is 0 Å². The van der Waals surface area contributed by atoms with Crippen LogP contribution in [0.4, 0.5) is 0 Å². The maximum Gasteiger partial charge on any atom is 0.303 e. The third-order valence-electron chi connectivity index (χ3n) is 3.09. The molecule has 100 valence electrons. The molecule has 0 spiro atoms. The van der Waals surface area contributed by atoms with Crippen molar-refractivity contribution in [2.24, 2.45) is 17.8 Å². The van der Waals surface area contributed by atoms with E-state index >= 15 is 0 Å². The molecule has 1 amide bonds. The number of carboxylic acids is 1. The second-order valence-corrected chi connectivity index (χ2v) is 5.12. The average molecular weight is 243 g/mol. The smallest absolute Gasteiger partial charge is 0.303 e. The van der Waals surface area contributed by atoms with Crippen LogP contribution < -0.4 is 5.32 Å². The van der Waals surface area contributed by atoms with Crippen molar-refractivity contribution in [2.45, 2.75) is 47.0 Å². The summed E-state index contributed by atoms with van der Waals surface area (Å²) in [5.74, 6) is 0.103. The van der Waals surface area contributed by atoms with Gasteiger partial charge in [0.05, 0.1) is 0 Å². The number of aliphatic carboxylic acids is 1. The van der Waals surface area contributed by atoms with Gasteiger partial charge in [-0.25, -0.2) is 0 Å². The predicted octanol–water partition coefficient (Wildman–Crippen LogP) is 2.29. The SMILES string of the molecule is CCC(CC(=O)NCC(C)CC(=O)O)C(C)C. The molecule has 0 aliphatic heterocycles. The van der Waals surface area contributed by atoms with Gasteiger partial charge < -0.3 is 10.4 Å². The molecule has 17 heavy (non-hydrogen) atoms. The van der Waals surface area contributed by atoms with E-state index in [1.165, 1.54) is 0 Å². The van der Waals surface area contributed by atoms with E-state index in [1.54, 1.807) is 0 Å². The van der Waals surface area contributed by atoms with Crippen molar-refractivity contribution >= 4 is 11.9 Å². The lowest BCUT2D eigenvalue weighted by atomic mass is 9.90. The second-order valence-electron chi connectivity index (χ2n) is 5.12. The molecule has 0 heterocycles. The first kappa shape index (κ1) is 15.9. The van der Waals surface area contributed by atoms with Crippen LogP contribution in [0, 0.1) is 17.8 Å². The van der Waals surface area contributed by atoms with Gasteiger partial charge in [0.1, 0.15) is 0 Å². The highest BCUT2D eigenvalue weighted by atomic mass is 16.4. The summed E-state index contributed by atoms with van der Waals surface area (Å²) in [5, 5.41) is 11.4. The van der Waals surface area contributed by atoms with E-state index in [4.69, 9.17) is 5.11 Å². The lowest BCUT2D eigenvalue weighted by Gasteiger charge is -2.19. The number of carboxylic acid groups (broad SMARTS) is 1. The molecule has 0 aliphatic rings. The molecule has 0 saturated carbocycles. The first-order valence-corrected chi connectivity index (χ1v) is 6.35. The van der Waals surface area contributed by atoms with E-state index in [-0.39, 0.29) is 18.2 Å². The maximum absolute atomic E-state index is 11.6. The van der Waals surface area contributed by atoms with Crippen molar-refractivity contribution in [3.05, 3.63) is 0 Å². The summed E-state index contributed by atoms with van der Waals surface area (Å²) in [6.45, 7) is 8.60. The largest absolute Gasteiger partial charge is 0.481 e. The number of hydrogen-bond donors (Lipinski definition) is 2. The van der Waals surface area contributed by atoms with Gasteiger partial charge >= 0.3 is 5.97 Å². The Bertz CT molecular complexity index is 251. The fraction of sp³-hybridized carbons (Fsp3) is 0.846. The highest BCUT2D eigenvalue weighted by Crippen LogP contribution is 2.18. The summed E-state index contributed by atoms with van der Waals surface area (Å²) in [7, 11) is 0. The molecule has 4 heteroatoms. The van der Waals surface area contributed by atoms with Crippen LogP contribution in [0.3, 0.4) is 0 Å². The molecule has 0 radical (unpaired) electrons. The van der Waals surface area contributed by atoms with Gasteiger partial charge in [0, 0.05) is 19.4 Å². The summed E-state index contributed by atoms with van der Waals surface area (Å²) >= 11 is 0. The first-order chi connectivity index (χ1) is 7.86. The van der Waals surface area contributed by atoms with Gasteiger partial charge in [-0.1, -0.05) is 34.1 Å². The van der Waals surface area contributed by atoms with Crippen LogP contribution in [0.15, 0.2) is 0 Å². The fourth-order valence-electron chi connectivity index (χ4n) is 1.82. The third kappa shape index (κ3) is 7.77. The van der Waals surface area contributed by atoms with Crippen LogP contribution in [-0.2, 0) is 9.59 Å². The van der Waals surface area contributed by atoms with Crippen molar-refractivity contribution in [3.63, 3.8) is 0 Å². The Hall–Kier alpha value is -1.06. The minimum atomic E-state index is -0.819. The van der Waals surface area contributed by atoms with E-state index < -0.39 is 5.97 Å². The minimum absolute atomic E-state index is 0.0180. The lowest BCUT2D eigenvalue weighted by Crippen LogP contribution is -2.31. The quantitative estimate of drug-likeness (QED) is 0.687. The van der Waals surface area contributed by atoms with Crippen LogP contribution >= 0.6 is 0 Å². The van der Waals surface area contributed by atoms with Gasteiger partial charge in [-0.05, 0) is 17.8 Å². The van der Waals surface area contributed by atoms with Gasteiger partial charge in [0.15, 0.2) is 0 Å². The number of carbonyl (C=O) groups excluding carboxylic acids is 1. The maximum atomic E-state index is 11.6. The summed E-state index contributed by atoms with van der Waals surface area (Å²) < 4.78 is 0. The molecule has 0 aromatic carbocycles. The normalized spacial score (nSPS) is 14.4. The molecule has 4 nitrogen and oxygen atoms in total. The summed E-state index contributed by atoms with van der Waals surface area (Å²) in [4.78, 5) is 22.1. The summed E-state index contributed by atoms with van der Waals surface area (Å²) in [6.07, 6.45) is 1.63. The Labute approximate surface area is 104 Å². The molecule has 2 atom stereocenters. The molecule has 2 N–H and O–H groups in total. The zero-order valence-electron chi connectivity index (χ0n) is 11.3. The molecule has 0 bridgehead atoms. The average Bonchev–Trinajstić information content (AvgIpc) is 2.21. The van der Waals surface area contributed by atoms with Gasteiger partial charge in [0.25, 0.3) is 0 Å². The third-order valence-corrected chi connectivity index (χ3v) is 3.09. The van der Waals surface area contributed by atoms with Crippen molar-refractivity contribution < 1.29 is 14.7 Å². The zero-order chi connectivity index (χ0) is 13.4. The Balaban J connectivity index is 3.90. The van der Waals surface area contributed by atoms with Crippen molar-refractivity contribution in [1.29, 1.82) is 0 Å². The molecule has 0 fully saturated rings.